The van der Waals surface area contributed by atoms with Crippen LogP contribution in [0.25, 0.3) is 111 Å². The molecular formula is C53H33N5. The summed E-state index contributed by atoms with van der Waals surface area (Å²) in [6, 6.07) is 71.1. The van der Waals surface area contributed by atoms with Gasteiger partial charge in [0.15, 0.2) is 11.6 Å². The van der Waals surface area contributed by atoms with Crippen molar-refractivity contribution in [2.24, 2.45) is 0 Å². The molecule has 0 fully saturated rings. The number of para-hydroxylation sites is 2. The topological polar surface area (TPSA) is 48.5 Å². The normalized spacial score (nSPS) is 11.8. The Morgan fingerprint density at radius 1 is 0.276 bits per heavy atom. The molecule has 12 rings (SSSR count). The van der Waals surface area contributed by atoms with Gasteiger partial charge in [-0.05, 0) is 81.2 Å². The molecule has 5 heteroatoms. The zero-order valence-corrected chi connectivity index (χ0v) is 31.3. The van der Waals surface area contributed by atoms with Gasteiger partial charge in [0.1, 0.15) is 0 Å². The van der Waals surface area contributed by atoms with Crippen molar-refractivity contribution in [3.05, 3.63) is 200 Å². The first-order valence-electron chi connectivity index (χ1n) is 19.6. The number of hydrogen-bond acceptors (Lipinski definition) is 3. The zero-order chi connectivity index (χ0) is 38.2. The number of rotatable bonds is 5. The fourth-order valence-electron chi connectivity index (χ4n) is 8.83. The van der Waals surface area contributed by atoms with Gasteiger partial charge in [0.25, 0.3) is 0 Å². The van der Waals surface area contributed by atoms with Crippen molar-refractivity contribution in [2.45, 2.75) is 0 Å². The molecule has 0 atom stereocenters. The minimum Gasteiger partial charge on any atom is -0.309 e. The van der Waals surface area contributed by atoms with Crippen molar-refractivity contribution in [3.63, 3.8) is 0 Å². The first-order chi connectivity index (χ1) is 28.7. The molecule has 0 amide bonds. The maximum Gasteiger partial charge on any atom is 0.238 e. The van der Waals surface area contributed by atoms with Crippen LogP contribution < -0.4 is 0 Å². The maximum atomic E-state index is 5.11. The lowest BCUT2D eigenvalue weighted by Crippen LogP contribution is -2.06. The third-order valence-corrected chi connectivity index (χ3v) is 11.6. The summed E-state index contributed by atoms with van der Waals surface area (Å²) >= 11 is 0. The zero-order valence-electron chi connectivity index (χ0n) is 31.3. The number of hydrogen-bond donors (Lipinski definition) is 0. The second-order valence-electron chi connectivity index (χ2n) is 14.9. The summed E-state index contributed by atoms with van der Waals surface area (Å²) in [6.07, 6.45) is 0. The molecule has 5 nitrogen and oxygen atoms in total. The van der Waals surface area contributed by atoms with Crippen LogP contribution in [0.5, 0.6) is 0 Å². The van der Waals surface area contributed by atoms with Crippen LogP contribution in [0, 0.1) is 0 Å². The average Bonchev–Trinajstić information content (AvgIpc) is 3.81. The highest BCUT2D eigenvalue weighted by Gasteiger charge is 2.19. The van der Waals surface area contributed by atoms with E-state index in [4.69, 9.17) is 15.0 Å². The molecule has 0 aliphatic rings. The molecule has 3 aromatic heterocycles. The molecule has 0 saturated carbocycles. The van der Waals surface area contributed by atoms with E-state index >= 15 is 0 Å². The van der Waals surface area contributed by atoms with Crippen LogP contribution in [0.4, 0.5) is 0 Å². The Morgan fingerprint density at radius 3 is 1.36 bits per heavy atom. The Balaban J connectivity index is 1.03. The third kappa shape index (κ3) is 5.07. The van der Waals surface area contributed by atoms with E-state index < -0.39 is 0 Å². The molecule has 9 aromatic carbocycles. The highest BCUT2D eigenvalue weighted by Crippen LogP contribution is 2.39. The van der Waals surface area contributed by atoms with Gasteiger partial charge in [0.05, 0.1) is 22.1 Å². The molecule has 12 aromatic rings. The standard InChI is InChI=1S/C53H33N5/c1-3-14-36(15-4-1)51-54-52(37-16-5-2-6-17-37)56-53(55-51)58-48-22-12-10-20-43(48)46-32-39(27-30-50(46)58)38-26-29-49-45(31-38)42-19-9-11-21-47(42)57(49)40-28-25-35-24-23-34-13-7-8-18-41(34)44(35)33-40/h1-33H. The monoisotopic (exact) mass is 739 g/mol. The van der Waals surface area contributed by atoms with E-state index in [2.05, 4.69) is 149 Å². The van der Waals surface area contributed by atoms with Crippen molar-refractivity contribution in [3.8, 4) is 45.5 Å². The lowest BCUT2D eigenvalue weighted by Gasteiger charge is -2.11. The molecule has 0 bridgehead atoms. The molecule has 58 heavy (non-hydrogen) atoms. The highest BCUT2D eigenvalue weighted by atomic mass is 15.2. The van der Waals surface area contributed by atoms with Gasteiger partial charge in [-0.15, -0.1) is 0 Å². The Hall–Kier alpha value is -7.89. The van der Waals surface area contributed by atoms with Gasteiger partial charge in [-0.2, -0.15) is 9.97 Å². The molecule has 270 valence electrons. The fourth-order valence-corrected chi connectivity index (χ4v) is 8.83. The SMILES string of the molecule is c1ccc(-c2nc(-c3ccccc3)nc(-n3c4ccccc4c4cc(-c5ccc6c(c5)c5ccccc5n6-c5ccc6ccc7ccccc7c6c5)ccc43)n2)cc1. The summed E-state index contributed by atoms with van der Waals surface area (Å²) in [5.74, 6) is 1.86. The Kier molecular flexibility index (Phi) is 7.16. The molecule has 0 radical (unpaired) electrons. The van der Waals surface area contributed by atoms with E-state index in [1.54, 1.807) is 0 Å². The summed E-state index contributed by atoms with van der Waals surface area (Å²) in [4.78, 5) is 15.2. The minimum absolute atomic E-state index is 0.586. The predicted octanol–water partition coefficient (Wildman–Crippen LogP) is 13.4. The first-order valence-corrected chi connectivity index (χ1v) is 19.6. The van der Waals surface area contributed by atoms with E-state index in [9.17, 15) is 0 Å². The Labute approximate surface area is 333 Å². The largest absolute Gasteiger partial charge is 0.309 e. The summed E-state index contributed by atoms with van der Waals surface area (Å²) in [5, 5.41) is 9.76. The number of nitrogens with zero attached hydrogens (tertiary/aromatic N) is 5. The van der Waals surface area contributed by atoms with Crippen LogP contribution in [-0.4, -0.2) is 24.1 Å². The molecule has 0 unspecified atom stereocenters. The smallest absolute Gasteiger partial charge is 0.238 e. The lowest BCUT2D eigenvalue weighted by molar-refractivity contribution is 0.953. The van der Waals surface area contributed by atoms with Crippen LogP contribution >= 0.6 is 0 Å². The third-order valence-electron chi connectivity index (χ3n) is 11.6. The van der Waals surface area contributed by atoms with Crippen molar-refractivity contribution in [1.29, 1.82) is 0 Å². The van der Waals surface area contributed by atoms with Crippen molar-refractivity contribution >= 4 is 65.2 Å². The van der Waals surface area contributed by atoms with Gasteiger partial charge in [-0.1, -0.05) is 152 Å². The summed E-state index contributed by atoms with van der Waals surface area (Å²) in [6.45, 7) is 0. The molecular weight excluding hydrogens is 707 g/mol. The molecule has 0 N–H and O–H groups in total. The molecule has 0 saturated heterocycles. The van der Waals surface area contributed by atoms with E-state index in [0.717, 1.165) is 49.7 Å². The Bertz CT molecular complexity index is 3510. The number of aromatic nitrogens is 5. The fraction of sp³-hybridized carbons (Fsp3) is 0. The van der Waals surface area contributed by atoms with E-state index in [1.807, 2.05) is 60.7 Å². The van der Waals surface area contributed by atoms with Crippen LogP contribution in [0.1, 0.15) is 0 Å². The van der Waals surface area contributed by atoms with Gasteiger partial charge in [-0.3, -0.25) is 4.57 Å². The maximum absolute atomic E-state index is 5.11. The molecule has 0 spiro atoms. The van der Waals surface area contributed by atoms with Crippen LogP contribution in [0.15, 0.2) is 200 Å². The van der Waals surface area contributed by atoms with Gasteiger partial charge in [0.2, 0.25) is 5.95 Å². The van der Waals surface area contributed by atoms with Crippen molar-refractivity contribution in [2.75, 3.05) is 0 Å². The average molecular weight is 740 g/mol. The second kappa shape index (κ2) is 12.8. The summed E-state index contributed by atoms with van der Waals surface area (Å²) in [5.41, 5.74) is 9.80. The molecule has 0 aliphatic carbocycles. The van der Waals surface area contributed by atoms with Gasteiger partial charge < -0.3 is 4.57 Å². The number of fused-ring (bicyclic) bond motifs is 9. The van der Waals surface area contributed by atoms with E-state index in [-0.39, 0.29) is 0 Å². The van der Waals surface area contributed by atoms with E-state index in [0.29, 0.717) is 17.6 Å². The Morgan fingerprint density at radius 2 is 0.741 bits per heavy atom. The van der Waals surface area contributed by atoms with Crippen molar-refractivity contribution < 1.29 is 0 Å². The predicted molar refractivity (Wildman–Crippen MR) is 240 cm³/mol. The highest BCUT2D eigenvalue weighted by molar-refractivity contribution is 6.13. The summed E-state index contributed by atoms with van der Waals surface area (Å²) < 4.78 is 4.59. The van der Waals surface area contributed by atoms with Crippen LogP contribution in [0.3, 0.4) is 0 Å². The van der Waals surface area contributed by atoms with Gasteiger partial charge >= 0.3 is 0 Å². The quantitative estimate of drug-likeness (QED) is 0.165. The van der Waals surface area contributed by atoms with E-state index in [1.165, 1.54) is 43.4 Å². The number of benzene rings is 9. The molecule has 0 aliphatic heterocycles. The van der Waals surface area contributed by atoms with Crippen LogP contribution in [-0.2, 0) is 0 Å². The minimum atomic E-state index is 0.586. The first kappa shape index (κ1) is 32.4. The molecule has 3 heterocycles. The lowest BCUT2D eigenvalue weighted by atomic mass is 10.0. The summed E-state index contributed by atoms with van der Waals surface area (Å²) in [7, 11) is 0. The second-order valence-corrected chi connectivity index (χ2v) is 14.9. The van der Waals surface area contributed by atoms with Gasteiger partial charge in [0, 0.05) is 38.4 Å². The van der Waals surface area contributed by atoms with Crippen molar-refractivity contribution in [1.82, 2.24) is 24.1 Å². The van der Waals surface area contributed by atoms with Gasteiger partial charge in [-0.25, -0.2) is 4.98 Å². The van der Waals surface area contributed by atoms with Crippen LogP contribution in [0.2, 0.25) is 0 Å².